The summed E-state index contributed by atoms with van der Waals surface area (Å²) < 4.78 is 24.6. The summed E-state index contributed by atoms with van der Waals surface area (Å²) in [6.07, 6.45) is 1.39. The summed E-state index contributed by atoms with van der Waals surface area (Å²) in [7, 11) is -3.50. The van der Waals surface area contributed by atoms with Gasteiger partial charge in [0.25, 0.3) is 0 Å². The second-order valence-corrected chi connectivity index (χ2v) is 4.00. The Bertz CT molecular complexity index is 279. The molecule has 1 aromatic rings. The van der Waals surface area contributed by atoms with Crippen molar-refractivity contribution in [2.45, 2.75) is 4.21 Å². The molecule has 7 heteroatoms. The lowest BCUT2D eigenvalue weighted by Crippen LogP contribution is -2.09. The Labute approximate surface area is 68.7 Å². The smallest absolute Gasteiger partial charge is 0.224 e. The average molecular weight is 201 g/mol. The minimum absolute atomic E-state index is 0. The first-order chi connectivity index (χ1) is 4.11. The molecule has 0 saturated carbocycles. The van der Waals surface area contributed by atoms with Crippen molar-refractivity contribution in [1.82, 2.24) is 4.37 Å². The van der Waals surface area contributed by atoms with Gasteiger partial charge in [-0.25, -0.2) is 13.6 Å². The number of halogens is 1. The molecule has 0 atom stereocenters. The van der Waals surface area contributed by atoms with E-state index in [1.165, 1.54) is 12.3 Å². The number of hydrogen-bond acceptors (Lipinski definition) is 4. The number of hydrogen-bond donors (Lipinski definition) is 1. The van der Waals surface area contributed by atoms with Crippen molar-refractivity contribution >= 4 is 34.0 Å². The summed E-state index contributed by atoms with van der Waals surface area (Å²) in [6.45, 7) is 0. The predicted octanol–water partition coefficient (Wildman–Crippen LogP) is 0.212. The summed E-state index contributed by atoms with van der Waals surface area (Å²) in [5.41, 5.74) is 0. The maximum absolute atomic E-state index is 10.4. The van der Waals surface area contributed by atoms with Crippen LogP contribution in [0.15, 0.2) is 16.5 Å². The first-order valence-electron chi connectivity index (χ1n) is 2.04. The molecule has 0 spiro atoms. The quantitative estimate of drug-likeness (QED) is 0.705. The average Bonchev–Trinajstić information content (AvgIpc) is 2.08. The number of aromatic nitrogens is 1. The predicted molar refractivity (Wildman–Crippen MR) is 40.7 cm³/mol. The molecular formula is C3H5ClN2O2S2. The van der Waals surface area contributed by atoms with Gasteiger partial charge in [0.05, 0.1) is 0 Å². The Morgan fingerprint density at radius 1 is 1.60 bits per heavy atom. The molecule has 0 radical (unpaired) electrons. The van der Waals surface area contributed by atoms with Gasteiger partial charge in [-0.3, -0.25) is 0 Å². The molecule has 0 aliphatic rings. The molecule has 0 bridgehead atoms. The molecule has 1 aromatic heterocycles. The van der Waals surface area contributed by atoms with E-state index in [1.807, 2.05) is 0 Å². The van der Waals surface area contributed by atoms with Gasteiger partial charge >= 0.3 is 0 Å². The van der Waals surface area contributed by atoms with Crippen LogP contribution in [0.3, 0.4) is 0 Å². The highest BCUT2D eigenvalue weighted by Gasteiger charge is 2.07. The zero-order valence-electron chi connectivity index (χ0n) is 4.72. The van der Waals surface area contributed by atoms with E-state index in [-0.39, 0.29) is 16.6 Å². The molecule has 0 unspecified atom stereocenters. The van der Waals surface area contributed by atoms with E-state index in [9.17, 15) is 8.42 Å². The lowest BCUT2D eigenvalue weighted by Gasteiger charge is -1.85. The van der Waals surface area contributed by atoms with Gasteiger partial charge in [0.2, 0.25) is 10.0 Å². The van der Waals surface area contributed by atoms with Gasteiger partial charge in [-0.15, -0.1) is 12.4 Å². The van der Waals surface area contributed by atoms with E-state index in [1.54, 1.807) is 0 Å². The van der Waals surface area contributed by atoms with Gasteiger partial charge in [-0.05, 0) is 17.6 Å². The molecule has 1 heterocycles. The summed E-state index contributed by atoms with van der Waals surface area (Å²) in [5.74, 6) is 0. The van der Waals surface area contributed by atoms with Gasteiger partial charge < -0.3 is 0 Å². The van der Waals surface area contributed by atoms with Gasteiger partial charge in [0, 0.05) is 6.20 Å². The number of nitrogens with zero attached hydrogens (tertiary/aromatic N) is 1. The molecule has 10 heavy (non-hydrogen) atoms. The van der Waals surface area contributed by atoms with Crippen molar-refractivity contribution in [3.05, 3.63) is 12.3 Å². The molecule has 0 aromatic carbocycles. The fourth-order valence-corrected chi connectivity index (χ4v) is 1.49. The maximum Gasteiger partial charge on any atom is 0.249 e. The third kappa shape index (κ3) is 2.22. The Hall–Kier alpha value is -0.170. The lowest BCUT2D eigenvalue weighted by molar-refractivity contribution is 0.600. The first kappa shape index (κ1) is 9.83. The first-order valence-corrected chi connectivity index (χ1v) is 4.36. The largest absolute Gasteiger partial charge is 0.249 e. The van der Waals surface area contributed by atoms with Crippen LogP contribution >= 0.6 is 23.9 Å². The number of primary sulfonamides is 1. The second-order valence-electron chi connectivity index (χ2n) is 1.38. The van der Waals surface area contributed by atoms with Crippen LogP contribution in [0.1, 0.15) is 0 Å². The third-order valence-corrected chi connectivity index (χ3v) is 2.86. The van der Waals surface area contributed by atoms with Crippen LogP contribution in [0.2, 0.25) is 0 Å². The molecule has 4 nitrogen and oxygen atoms in total. The summed E-state index contributed by atoms with van der Waals surface area (Å²) in [5, 5.41) is 4.74. The molecule has 0 amide bonds. The molecule has 2 N–H and O–H groups in total. The molecular weight excluding hydrogens is 196 g/mol. The van der Waals surface area contributed by atoms with Crippen LogP contribution in [0, 0.1) is 0 Å². The van der Waals surface area contributed by atoms with E-state index < -0.39 is 10.0 Å². The normalized spacial score (nSPS) is 10.5. The summed E-state index contributed by atoms with van der Waals surface area (Å²) >= 11 is 0.867. The third-order valence-electron chi connectivity index (χ3n) is 0.695. The number of nitrogens with two attached hydrogens (primary N) is 1. The van der Waals surface area contributed by atoms with Gasteiger partial charge in [-0.1, -0.05) is 0 Å². The highest BCUT2D eigenvalue weighted by molar-refractivity contribution is 7.91. The summed E-state index contributed by atoms with van der Waals surface area (Å²) in [4.78, 5) is 0. The van der Waals surface area contributed by atoms with Crippen molar-refractivity contribution in [1.29, 1.82) is 0 Å². The van der Waals surface area contributed by atoms with Gasteiger partial charge in [0.1, 0.15) is 0 Å². The topological polar surface area (TPSA) is 73.1 Å². The van der Waals surface area contributed by atoms with Gasteiger partial charge in [-0.2, -0.15) is 4.37 Å². The standard InChI is InChI=1S/C3H4N2O2S2.ClH/c4-9(6,7)3-1-2-5-8-3;/h1-2H,(H2,4,6,7);1H. The zero-order chi connectivity index (χ0) is 6.91. The summed E-state index contributed by atoms with van der Waals surface area (Å²) in [6, 6.07) is 1.36. The fraction of sp³-hybridized carbons (Fsp3) is 0. The highest BCUT2D eigenvalue weighted by Crippen LogP contribution is 2.08. The van der Waals surface area contributed by atoms with Gasteiger partial charge in [0.15, 0.2) is 4.21 Å². The van der Waals surface area contributed by atoms with Crippen molar-refractivity contribution in [3.8, 4) is 0 Å². The van der Waals surface area contributed by atoms with E-state index in [0.29, 0.717) is 0 Å². The molecule has 1 rings (SSSR count). The lowest BCUT2D eigenvalue weighted by atomic mass is 10.8. The van der Waals surface area contributed by atoms with Crippen molar-refractivity contribution < 1.29 is 8.42 Å². The van der Waals surface area contributed by atoms with Crippen molar-refractivity contribution in [2.24, 2.45) is 5.14 Å². The van der Waals surface area contributed by atoms with Crippen LogP contribution in [-0.4, -0.2) is 12.8 Å². The van der Waals surface area contributed by atoms with Crippen LogP contribution in [0.4, 0.5) is 0 Å². The number of sulfonamides is 1. The Balaban J connectivity index is 0.000000810. The molecule has 58 valence electrons. The van der Waals surface area contributed by atoms with E-state index >= 15 is 0 Å². The van der Waals surface area contributed by atoms with E-state index in [0.717, 1.165) is 11.5 Å². The van der Waals surface area contributed by atoms with Crippen LogP contribution in [0.25, 0.3) is 0 Å². The molecule has 0 saturated heterocycles. The zero-order valence-corrected chi connectivity index (χ0v) is 7.17. The molecule has 0 fully saturated rings. The van der Waals surface area contributed by atoms with Crippen LogP contribution in [-0.2, 0) is 10.0 Å². The van der Waals surface area contributed by atoms with Crippen molar-refractivity contribution in [2.75, 3.05) is 0 Å². The monoisotopic (exact) mass is 200 g/mol. The maximum atomic E-state index is 10.4. The van der Waals surface area contributed by atoms with E-state index in [4.69, 9.17) is 5.14 Å². The second kappa shape index (κ2) is 3.29. The highest BCUT2D eigenvalue weighted by atomic mass is 35.5. The molecule has 0 aliphatic carbocycles. The molecule has 0 aliphatic heterocycles. The minimum atomic E-state index is -3.50. The minimum Gasteiger partial charge on any atom is -0.224 e. The Morgan fingerprint density at radius 3 is 2.40 bits per heavy atom. The van der Waals surface area contributed by atoms with Crippen molar-refractivity contribution in [3.63, 3.8) is 0 Å². The van der Waals surface area contributed by atoms with Crippen LogP contribution in [0.5, 0.6) is 0 Å². The Morgan fingerprint density at radius 2 is 2.20 bits per heavy atom. The van der Waals surface area contributed by atoms with E-state index in [2.05, 4.69) is 4.37 Å². The number of rotatable bonds is 1. The fourth-order valence-electron chi connectivity index (χ4n) is 0.351. The Kier molecular flexibility index (Phi) is 3.23. The van der Waals surface area contributed by atoms with Crippen LogP contribution < -0.4 is 5.14 Å². The SMILES string of the molecule is Cl.NS(=O)(=O)c1ccns1.